The third kappa shape index (κ3) is 3.09. The smallest absolute Gasteiger partial charge is 0.252 e. The molecule has 0 spiro atoms. The first kappa shape index (κ1) is 17.7. The summed E-state index contributed by atoms with van der Waals surface area (Å²) in [5.74, 6) is -0.448. The summed E-state index contributed by atoms with van der Waals surface area (Å²) in [5, 5.41) is 12.8. The molecule has 1 saturated heterocycles. The minimum atomic E-state index is -0.601. The zero-order chi connectivity index (χ0) is 19.7. The number of anilines is 2. The van der Waals surface area contributed by atoms with Gasteiger partial charge in [0.25, 0.3) is 5.91 Å². The van der Waals surface area contributed by atoms with Gasteiger partial charge < -0.3 is 15.3 Å². The van der Waals surface area contributed by atoms with Gasteiger partial charge >= 0.3 is 0 Å². The number of phenols is 1. The van der Waals surface area contributed by atoms with E-state index in [0.29, 0.717) is 16.9 Å². The predicted molar refractivity (Wildman–Crippen MR) is 104 cm³/mol. The monoisotopic (exact) mass is 376 g/mol. The molecule has 1 aliphatic heterocycles. The number of carbonyl (C=O) groups is 2. The molecule has 3 aromatic carbocycles. The van der Waals surface area contributed by atoms with E-state index < -0.39 is 6.04 Å². The standard InChI is InChI=1S/C22H17FN2O3/c23-16-7-9-17(10-8-16)25-21(14-5-11-18(27)12-6-14)20(22(25)28)24-19-4-2-1-3-15(19)13-26/h1-13,20-21,24,27H/t20-,21-/m1/s1. The van der Waals surface area contributed by atoms with Crippen molar-refractivity contribution in [2.45, 2.75) is 12.1 Å². The zero-order valence-corrected chi connectivity index (χ0v) is 14.7. The number of aromatic hydroxyl groups is 1. The summed E-state index contributed by atoms with van der Waals surface area (Å²) >= 11 is 0. The Balaban J connectivity index is 1.71. The van der Waals surface area contributed by atoms with E-state index in [0.717, 1.165) is 11.8 Å². The fourth-order valence-electron chi connectivity index (χ4n) is 3.43. The molecule has 0 radical (unpaired) electrons. The van der Waals surface area contributed by atoms with Gasteiger partial charge in [-0.15, -0.1) is 0 Å². The first-order valence-electron chi connectivity index (χ1n) is 8.77. The van der Waals surface area contributed by atoms with Crippen molar-refractivity contribution in [3.05, 3.63) is 89.7 Å². The minimum Gasteiger partial charge on any atom is -0.508 e. The zero-order valence-electron chi connectivity index (χ0n) is 14.7. The molecule has 1 heterocycles. The molecule has 140 valence electrons. The van der Waals surface area contributed by atoms with Gasteiger partial charge in [-0.05, 0) is 54.1 Å². The van der Waals surface area contributed by atoms with E-state index in [4.69, 9.17) is 0 Å². The largest absolute Gasteiger partial charge is 0.508 e. The Kier molecular flexibility index (Phi) is 4.53. The van der Waals surface area contributed by atoms with Gasteiger partial charge in [0.05, 0.1) is 6.04 Å². The van der Waals surface area contributed by atoms with Gasteiger partial charge in [-0.25, -0.2) is 4.39 Å². The number of carbonyl (C=O) groups excluding carboxylic acids is 2. The molecule has 5 nitrogen and oxygen atoms in total. The number of hydrogen-bond donors (Lipinski definition) is 2. The molecule has 0 unspecified atom stereocenters. The quantitative estimate of drug-likeness (QED) is 0.523. The third-order valence-electron chi connectivity index (χ3n) is 4.84. The van der Waals surface area contributed by atoms with Crippen LogP contribution in [0.25, 0.3) is 0 Å². The second-order valence-corrected chi connectivity index (χ2v) is 6.55. The number of halogens is 1. The van der Waals surface area contributed by atoms with Crippen molar-refractivity contribution in [1.29, 1.82) is 0 Å². The summed E-state index contributed by atoms with van der Waals surface area (Å²) in [6, 6.07) is 18.3. The van der Waals surface area contributed by atoms with Crippen LogP contribution in [-0.4, -0.2) is 23.3 Å². The van der Waals surface area contributed by atoms with Crippen molar-refractivity contribution in [3.8, 4) is 5.75 Å². The Bertz CT molecular complexity index is 1020. The number of para-hydroxylation sites is 1. The summed E-state index contributed by atoms with van der Waals surface area (Å²) in [6.07, 6.45) is 0.735. The average Bonchev–Trinajstić information content (AvgIpc) is 2.72. The highest BCUT2D eigenvalue weighted by molar-refractivity contribution is 6.07. The molecule has 1 amide bonds. The summed E-state index contributed by atoms with van der Waals surface area (Å²) in [7, 11) is 0. The summed E-state index contributed by atoms with van der Waals surface area (Å²) in [6.45, 7) is 0. The molecule has 6 heteroatoms. The van der Waals surface area contributed by atoms with Gasteiger partial charge in [0.2, 0.25) is 0 Å². The molecule has 2 N–H and O–H groups in total. The summed E-state index contributed by atoms with van der Waals surface area (Å²) in [4.78, 5) is 25.8. The number of aldehydes is 1. The number of phenolic OH excluding ortho intramolecular Hbond substituents is 1. The van der Waals surface area contributed by atoms with Crippen LogP contribution in [0.2, 0.25) is 0 Å². The van der Waals surface area contributed by atoms with Crippen molar-refractivity contribution in [2.75, 3.05) is 10.2 Å². The molecule has 1 aliphatic rings. The highest BCUT2D eigenvalue weighted by Crippen LogP contribution is 2.41. The van der Waals surface area contributed by atoms with E-state index >= 15 is 0 Å². The van der Waals surface area contributed by atoms with Crippen LogP contribution in [0.3, 0.4) is 0 Å². The molecule has 3 aromatic rings. The molecule has 4 rings (SSSR count). The van der Waals surface area contributed by atoms with E-state index in [2.05, 4.69) is 5.32 Å². The Morgan fingerprint density at radius 2 is 1.64 bits per heavy atom. The maximum absolute atomic E-state index is 13.3. The highest BCUT2D eigenvalue weighted by Gasteiger charge is 2.49. The van der Waals surface area contributed by atoms with E-state index in [1.165, 1.54) is 12.1 Å². The van der Waals surface area contributed by atoms with Crippen LogP contribution >= 0.6 is 0 Å². The normalized spacial score (nSPS) is 18.5. The second kappa shape index (κ2) is 7.15. The fourth-order valence-corrected chi connectivity index (χ4v) is 3.43. The van der Waals surface area contributed by atoms with Crippen molar-refractivity contribution in [1.82, 2.24) is 0 Å². The molecule has 0 aliphatic carbocycles. The Morgan fingerprint density at radius 3 is 2.32 bits per heavy atom. The number of benzene rings is 3. The summed E-state index contributed by atoms with van der Waals surface area (Å²) in [5.41, 5.74) is 2.41. The van der Waals surface area contributed by atoms with Crippen LogP contribution < -0.4 is 10.2 Å². The van der Waals surface area contributed by atoms with E-state index in [-0.39, 0.29) is 23.5 Å². The Labute approximate surface area is 161 Å². The maximum Gasteiger partial charge on any atom is 0.252 e. The number of rotatable bonds is 5. The summed E-state index contributed by atoms with van der Waals surface area (Å²) < 4.78 is 13.3. The van der Waals surface area contributed by atoms with Crippen molar-refractivity contribution < 1.29 is 19.1 Å². The lowest BCUT2D eigenvalue weighted by atomic mass is 9.87. The van der Waals surface area contributed by atoms with Gasteiger partial charge in [-0.2, -0.15) is 0 Å². The van der Waals surface area contributed by atoms with Crippen LogP contribution in [0.4, 0.5) is 15.8 Å². The maximum atomic E-state index is 13.3. The molecule has 0 bridgehead atoms. The Morgan fingerprint density at radius 1 is 0.964 bits per heavy atom. The van der Waals surface area contributed by atoms with Gasteiger partial charge in [-0.1, -0.05) is 24.3 Å². The van der Waals surface area contributed by atoms with Crippen LogP contribution in [0.15, 0.2) is 72.8 Å². The lowest BCUT2D eigenvalue weighted by molar-refractivity contribution is -0.125. The van der Waals surface area contributed by atoms with Crippen molar-refractivity contribution in [3.63, 3.8) is 0 Å². The molecular formula is C22H17FN2O3. The fraction of sp³-hybridized carbons (Fsp3) is 0.0909. The Hall–Kier alpha value is -3.67. The van der Waals surface area contributed by atoms with Gasteiger partial charge in [0, 0.05) is 16.9 Å². The second-order valence-electron chi connectivity index (χ2n) is 6.55. The first-order valence-corrected chi connectivity index (χ1v) is 8.77. The molecule has 1 fully saturated rings. The minimum absolute atomic E-state index is 0.124. The SMILES string of the molecule is O=Cc1ccccc1N[C@H]1C(=O)N(c2ccc(F)cc2)[C@@H]1c1ccc(O)cc1. The molecule has 2 atom stereocenters. The number of β-lactam (4-membered cyclic amide) rings is 1. The third-order valence-corrected chi connectivity index (χ3v) is 4.84. The number of nitrogens with zero attached hydrogens (tertiary/aromatic N) is 1. The first-order chi connectivity index (χ1) is 13.6. The van der Waals surface area contributed by atoms with E-state index in [9.17, 15) is 19.1 Å². The number of amides is 1. The molecule has 0 aromatic heterocycles. The van der Waals surface area contributed by atoms with Crippen LogP contribution in [-0.2, 0) is 4.79 Å². The number of hydrogen-bond acceptors (Lipinski definition) is 4. The van der Waals surface area contributed by atoms with Gasteiger partial charge in [-0.3, -0.25) is 9.59 Å². The van der Waals surface area contributed by atoms with E-state index in [1.807, 2.05) is 0 Å². The topological polar surface area (TPSA) is 69.6 Å². The highest BCUT2D eigenvalue weighted by atomic mass is 19.1. The van der Waals surface area contributed by atoms with Gasteiger partial charge in [0.15, 0.2) is 6.29 Å². The van der Waals surface area contributed by atoms with Gasteiger partial charge in [0.1, 0.15) is 17.6 Å². The molecule has 0 saturated carbocycles. The van der Waals surface area contributed by atoms with Crippen LogP contribution in [0.5, 0.6) is 5.75 Å². The number of nitrogens with one attached hydrogen (secondary N) is 1. The van der Waals surface area contributed by atoms with E-state index in [1.54, 1.807) is 65.6 Å². The van der Waals surface area contributed by atoms with Crippen molar-refractivity contribution in [2.24, 2.45) is 0 Å². The van der Waals surface area contributed by atoms with Crippen LogP contribution in [0, 0.1) is 5.82 Å². The van der Waals surface area contributed by atoms with Crippen molar-refractivity contribution >= 4 is 23.6 Å². The molecular weight excluding hydrogens is 359 g/mol. The van der Waals surface area contributed by atoms with Crippen LogP contribution in [0.1, 0.15) is 22.0 Å². The molecule has 28 heavy (non-hydrogen) atoms. The lowest BCUT2D eigenvalue weighted by Gasteiger charge is -2.48. The average molecular weight is 376 g/mol. The lowest BCUT2D eigenvalue weighted by Crippen LogP contribution is -2.62. The predicted octanol–water partition coefficient (Wildman–Crippen LogP) is 3.91.